The third-order valence-corrected chi connectivity index (χ3v) is 5.44. The van der Waals surface area contributed by atoms with Gasteiger partial charge >= 0.3 is 0 Å². The van der Waals surface area contributed by atoms with E-state index in [2.05, 4.69) is 9.71 Å². The zero-order valence-electron chi connectivity index (χ0n) is 12.8. The van der Waals surface area contributed by atoms with Crippen LogP contribution < -0.4 is 4.72 Å². The first-order chi connectivity index (χ1) is 11.5. The van der Waals surface area contributed by atoms with Gasteiger partial charge in [-0.25, -0.2) is 18.1 Å². The largest absolute Gasteiger partial charge is 0.333 e. The first kappa shape index (κ1) is 16.7. The summed E-state index contributed by atoms with van der Waals surface area (Å²) in [6.07, 6.45) is 5.38. The fourth-order valence-corrected chi connectivity index (χ4v) is 3.81. The van der Waals surface area contributed by atoms with E-state index in [1.165, 1.54) is 6.07 Å². The molecule has 1 aromatic heterocycles. The number of imidazole rings is 1. The molecule has 0 saturated carbocycles. The van der Waals surface area contributed by atoms with E-state index in [0.717, 1.165) is 17.7 Å². The summed E-state index contributed by atoms with van der Waals surface area (Å²) in [5.74, 6) is 0. The van der Waals surface area contributed by atoms with Gasteiger partial charge in [0.1, 0.15) is 4.90 Å². The van der Waals surface area contributed by atoms with Gasteiger partial charge in [0.2, 0.25) is 10.0 Å². The Labute approximate surface area is 146 Å². The summed E-state index contributed by atoms with van der Waals surface area (Å²) in [5.41, 5.74) is 1.99. The van der Waals surface area contributed by atoms with Crippen molar-refractivity contribution in [1.29, 1.82) is 0 Å². The monoisotopic (exact) mass is 361 g/mol. The van der Waals surface area contributed by atoms with E-state index in [1.807, 2.05) is 35.0 Å². The third-order valence-electron chi connectivity index (χ3n) is 3.54. The van der Waals surface area contributed by atoms with E-state index >= 15 is 0 Å². The lowest BCUT2D eigenvalue weighted by Crippen LogP contribution is -2.23. The standard InChI is InChI=1S/C17H16ClN3O2S/c18-16-3-1-2-4-17(16)24(22,23)20-11-14-5-7-15(8-6-14)12-21-10-9-19-13-21/h1-10,13,20H,11-12H2. The molecule has 0 aliphatic carbocycles. The van der Waals surface area contributed by atoms with Gasteiger partial charge in [0.25, 0.3) is 0 Å². The van der Waals surface area contributed by atoms with Crippen molar-refractivity contribution >= 4 is 21.6 Å². The van der Waals surface area contributed by atoms with Gasteiger partial charge in [0.15, 0.2) is 0 Å². The molecule has 0 atom stereocenters. The summed E-state index contributed by atoms with van der Waals surface area (Å²) in [5, 5.41) is 0.209. The topological polar surface area (TPSA) is 64.0 Å². The molecule has 0 unspecified atom stereocenters. The predicted octanol–water partition coefficient (Wildman–Crippen LogP) is 3.06. The Morgan fingerprint density at radius 1 is 1.04 bits per heavy atom. The van der Waals surface area contributed by atoms with Crippen LogP contribution >= 0.6 is 11.6 Å². The predicted molar refractivity (Wildman–Crippen MR) is 93.2 cm³/mol. The van der Waals surface area contributed by atoms with Crippen LogP contribution in [-0.4, -0.2) is 18.0 Å². The lowest BCUT2D eigenvalue weighted by atomic mass is 10.1. The van der Waals surface area contributed by atoms with Crippen molar-refractivity contribution in [2.75, 3.05) is 0 Å². The van der Waals surface area contributed by atoms with Crippen LogP contribution in [-0.2, 0) is 23.1 Å². The quantitative estimate of drug-likeness (QED) is 0.733. The van der Waals surface area contributed by atoms with E-state index in [4.69, 9.17) is 11.6 Å². The fraction of sp³-hybridized carbons (Fsp3) is 0.118. The van der Waals surface area contributed by atoms with Crippen molar-refractivity contribution in [1.82, 2.24) is 14.3 Å². The number of aromatic nitrogens is 2. The highest BCUT2D eigenvalue weighted by atomic mass is 35.5. The number of halogens is 1. The summed E-state index contributed by atoms with van der Waals surface area (Å²) in [6, 6.07) is 14.1. The number of nitrogens with one attached hydrogen (secondary N) is 1. The van der Waals surface area contributed by atoms with Gasteiger partial charge in [-0.05, 0) is 23.3 Å². The third kappa shape index (κ3) is 4.03. The van der Waals surface area contributed by atoms with Crippen LogP contribution in [0.4, 0.5) is 0 Å². The molecular weight excluding hydrogens is 346 g/mol. The molecule has 0 saturated heterocycles. The first-order valence-corrected chi connectivity index (χ1v) is 9.18. The van der Waals surface area contributed by atoms with E-state index in [-0.39, 0.29) is 16.5 Å². The van der Waals surface area contributed by atoms with Crippen LogP contribution in [0.25, 0.3) is 0 Å². The minimum atomic E-state index is -3.63. The molecule has 124 valence electrons. The van der Waals surface area contributed by atoms with Crippen molar-refractivity contribution in [2.24, 2.45) is 0 Å². The molecule has 5 nitrogen and oxygen atoms in total. The van der Waals surface area contributed by atoms with Crippen LogP contribution in [0.3, 0.4) is 0 Å². The summed E-state index contributed by atoms with van der Waals surface area (Å²) < 4.78 is 29.1. The minimum Gasteiger partial charge on any atom is -0.333 e. The Morgan fingerprint density at radius 2 is 1.75 bits per heavy atom. The van der Waals surface area contributed by atoms with Crippen LogP contribution in [0.1, 0.15) is 11.1 Å². The molecule has 0 spiro atoms. The van der Waals surface area contributed by atoms with Crippen LogP contribution in [0, 0.1) is 0 Å². The van der Waals surface area contributed by atoms with Gasteiger partial charge in [-0.1, -0.05) is 48.0 Å². The second kappa shape index (κ2) is 7.17. The Bertz CT molecular complexity index is 907. The van der Waals surface area contributed by atoms with Crippen molar-refractivity contribution in [2.45, 2.75) is 18.0 Å². The molecular formula is C17H16ClN3O2S. The minimum absolute atomic E-state index is 0.0865. The number of benzene rings is 2. The molecule has 0 bridgehead atoms. The number of rotatable bonds is 6. The second-order valence-electron chi connectivity index (χ2n) is 5.31. The number of hydrogen-bond acceptors (Lipinski definition) is 3. The lowest BCUT2D eigenvalue weighted by Gasteiger charge is -2.09. The smallest absolute Gasteiger partial charge is 0.242 e. The van der Waals surface area contributed by atoms with Crippen molar-refractivity contribution < 1.29 is 8.42 Å². The Balaban J connectivity index is 1.65. The summed E-state index contributed by atoms with van der Waals surface area (Å²) in [6.45, 7) is 0.935. The molecule has 3 rings (SSSR count). The van der Waals surface area contributed by atoms with Crippen molar-refractivity contribution in [3.05, 3.63) is 83.4 Å². The molecule has 0 fully saturated rings. The zero-order chi connectivity index (χ0) is 17.0. The van der Waals surface area contributed by atoms with Gasteiger partial charge in [-0.3, -0.25) is 0 Å². The van der Waals surface area contributed by atoms with Gasteiger partial charge in [-0.15, -0.1) is 0 Å². The fourth-order valence-electron chi connectivity index (χ4n) is 2.27. The van der Waals surface area contributed by atoms with Gasteiger partial charge < -0.3 is 4.57 Å². The number of nitrogens with zero attached hydrogens (tertiary/aromatic N) is 2. The van der Waals surface area contributed by atoms with Gasteiger partial charge in [0, 0.05) is 25.5 Å². The van der Waals surface area contributed by atoms with Crippen LogP contribution in [0.5, 0.6) is 0 Å². The molecule has 0 aliphatic rings. The van der Waals surface area contributed by atoms with Crippen LogP contribution in [0.2, 0.25) is 5.02 Å². The molecule has 1 N–H and O–H groups in total. The highest BCUT2D eigenvalue weighted by Gasteiger charge is 2.16. The average Bonchev–Trinajstić information content (AvgIpc) is 3.07. The molecule has 0 aliphatic heterocycles. The van der Waals surface area contributed by atoms with E-state index in [1.54, 1.807) is 30.7 Å². The summed E-state index contributed by atoms with van der Waals surface area (Å²) in [4.78, 5) is 4.09. The molecule has 0 amide bonds. The van der Waals surface area contributed by atoms with E-state index < -0.39 is 10.0 Å². The van der Waals surface area contributed by atoms with E-state index in [0.29, 0.717) is 0 Å². The Hall–Kier alpha value is -2.15. The number of sulfonamides is 1. The summed E-state index contributed by atoms with van der Waals surface area (Å²) >= 11 is 5.95. The Kier molecular flexibility index (Phi) is 4.99. The van der Waals surface area contributed by atoms with E-state index in [9.17, 15) is 8.42 Å². The molecule has 24 heavy (non-hydrogen) atoms. The second-order valence-corrected chi connectivity index (χ2v) is 7.45. The molecule has 7 heteroatoms. The highest BCUT2D eigenvalue weighted by Crippen LogP contribution is 2.20. The molecule has 2 aromatic carbocycles. The molecule has 0 radical (unpaired) electrons. The average molecular weight is 362 g/mol. The van der Waals surface area contributed by atoms with Gasteiger partial charge in [-0.2, -0.15) is 0 Å². The number of hydrogen-bond donors (Lipinski definition) is 1. The molecule has 3 aromatic rings. The maximum atomic E-state index is 12.3. The van der Waals surface area contributed by atoms with Crippen molar-refractivity contribution in [3.8, 4) is 0 Å². The highest BCUT2D eigenvalue weighted by molar-refractivity contribution is 7.89. The lowest BCUT2D eigenvalue weighted by molar-refractivity contribution is 0.581. The zero-order valence-corrected chi connectivity index (χ0v) is 14.3. The molecule has 1 heterocycles. The van der Waals surface area contributed by atoms with Crippen LogP contribution in [0.15, 0.2) is 72.1 Å². The first-order valence-electron chi connectivity index (χ1n) is 7.32. The summed E-state index contributed by atoms with van der Waals surface area (Å²) in [7, 11) is -3.63. The van der Waals surface area contributed by atoms with Gasteiger partial charge in [0.05, 0.1) is 11.3 Å². The normalized spacial score (nSPS) is 11.5. The SMILES string of the molecule is O=S(=O)(NCc1ccc(Cn2ccnc2)cc1)c1ccccc1Cl. The Morgan fingerprint density at radius 3 is 2.42 bits per heavy atom. The maximum Gasteiger partial charge on any atom is 0.242 e. The van der Waals surface area contributed by atoms with Crippen molar-refractivity contribution in [3.63, 3.8) is 0 Å². The maximum absolute atomic E-state index is 12.3.